The standard InChI is InChI=1S/C4H3BrN2O/c5-4-6-2-1-3-7(4)8/h1-3H. The lowest BCUT2D eigenvalue weighted by Gasteiger charge is -1.96. The molecule has 0 aliphatic rings. The molecule has 1 rings (SSSR count). The van der Waals surface area contributed by atoms with Gasteiger partial charge in [0.25, 0.3) is 0 Å². The fourth-order valence-corrected chi connectivity index (χ4v) is 0.576. The minimum absolute atomic E-state index is 0.292. The van der Waals surface area contributed by atoms with E-state index >= 15 is 0 Å². The molecule has 0 aliphatic heterocycles. The van der Waals surface area contributed by atoms with Crippen LogP contribution in [0.3, 0.4) is 0 Å². The fraction of sp³-hybridized carbons (Fsp3) is 0. The monoisotopic (exact) mass is 174 g/mol. The lowest BCUT2D eigenvalue weighted by Crippen LogP contribution is -2.27. The topological polar surface area (TPSA) is 39.8 Å². The summed E-state index contributed by atoms with van der Waals surface area (Å²) in [7, 11) is 0. The van der Waals surface area contributed by atoms with Gasteiger partial charge in [0.05, 0.1) is 22.1 Å². The van der Waals surface area contributed by atoms with Crippen LogP contribution < -0.4 is 4.73 Å². The zero-order valence-electron chi connectivity index (χ0n) is 3.91. The van der Waals surface area contributed by atoms with Crippen molar-refractivity contribution in [1.29, 1.82) is 0 Å². The van der Waals surface area contributed by atoms with E-state index in [4.69, 9.17) is 0 Å². The predicted molar refractivity (Wildman–Crippen MR) is 30.9 cm³/mol. The smallest absolute Gasteiger partial charge is 0.369 e. The van der Waals surface area contributed by atoms with Gasteiger partial charge in [0.1, 0.15) is 6.20 Å². The highest BCUT2D eigenvalue weighted by Gasteiger charge is 1.94. The largest absolute Gasteiger partial charge is 0.710 e. The number of halogens is 1. The van der Waals surface area contributed by atoms with E-state index in [-0.39, 0.29) is 0 Å². The number of aromatic nitrogens is 2. The summed E-state index contributed by atoms with van der Waals surface area (Å²) in [6.07, 6.45) is 2.91. The van der Waals surface area contributed by atoms with Crippen LogP contribution in [0.1, 0.15) is 0 Å². The first kappa shape index (κ1) is 5.50. The van der Waals surface area contributed by atoms with Crippen molar-refractivity contribution in [2.24, 2.45) is 0 Å². The van der Waals surface area contributed by atoms with Gasteiger partial charge in [-0.3, -0.25) is 0 Å². The molecule has 42 valence electrons. The number of hydrogen-bond acceptors (Lipinski definition) is 2. The molecule has 4 heteroatoms. The van der Waals surface area contributed by atoms with Crippen LogP contribution in [-0.2, 0) is 0 Å². The van der Waals surface area contributed by atoms with Crippen LogP contribution >= 0.6 is 15.9 Å². The quantitative estimate of drug-likeness (QED) is 0.326. The summed E-state index contributed by atoms with van der Waals surface area (Å²) in [6, 6.07) is 1.57. The van der Waals surface area contributed by atoms with Gasteiger partial charge in [-0.05, 0) is 4.98 Å². The molecule has 0 amide bonds. The molecule has 0 atom stereocenters. The van der Waals surface area contributed by atoms with E-state index in [1.54, 1.807) is 12.3 Å². The van der Waals surface area contributed by atoms with E-state index in [1.807, 2.05) is 0 Å². The summed E-state index contributed by atoms with van der Waals surface area (Å²) in [5, 5.41) is 10.4. The van der Waals surface area contributed by atoms with Crippen LogP contribution in [0.4, 0.5) is 0 Å². The van der Waals surface area contributed by atoms with Crippen LogP contribution in [-0.4, -0.2) is 4.98 Å². The highest BCUT2D eigenvalue weighted by molar-refractivity contribution is 9.10. The molecule has 0 spiro atoms. The lowest BCUT2D eigenvalue weighted by molar-refractivity contribution is -0.621. The second-order valence-corrected chi connectivity index (χ2v) is 1.92. The van der Waals surface area contributed by atoms with E-state index in [9.17, 15) is 5.21 Å². The third-order valence-electron chi connectivity index (χ3n) is 0.670. The molecule has 1 heterocycles. The summed E-state index contributed by atoms with van der Waals surface area (Å²) in [6.45, 7) is 0. The van der Waals surface area contributed by atoms with Crippen molar-refractivity contribution in [3.05, 3.63) is 28.4 Å². The SMILES string of the molecule is [O-][n+]1cccnc1Br. The molecular formula is C4H3BrN2O. The van der Waals surface area contributed by atoms with Crippen LogP contribution in [0.2, 0.25) is 0 Å². The molecule has 0 N–H and O–H groups in total. The molecule has 0 radical (unpaired) electrons. The Bertz CT molecular complexity index is 170. The first-order valence-corrected chi connectivity index (χ1v) is 2.79. The van der Waals surface area contributed by atoms with Crippen LogP contribution in [0, 0.1) is 5.21 Å². The molecule has 0 unspecified atom stereocenters. The minimum atomic E-state index is 0.292. The summed E-state index contributed by atoms with van der Waals surface area (Å²) in [5.41, 5.74) is 0. The van der Waals surface area contributed by atoms with Crippen molar-refractivity contribution in [2.45, 2.75) is 0 Å². The maximum Gasteiger partial charge on any atom is 0.369 e. The number of rotatable bonds is 0. The van der Waals surface area contributed by atoms with Gasteiger partial charge >= 0.3 is 4.73 Å². The molecule has 0 saturated carbocycles. The summed E-state index contributed by atoms with van der Waals surface area (Å²) in [5.74, 6) is 0. The van der Waals surface area contributed by atoms with Crippen LogP contribution in [0.25, 0.3) is 0 Å². The second kappa shape index (κ2) is 2.09. The Morgan fingerprint density at radius 2 is 2.50 bits per heavy atom. The molecular weight excluding hydrogens is 172 g/mol. The zero-order chi connectivity index (χ0) is 5.98. The lowest BCUT2D eigenvalue weighted by atomic mass is 10.7. The van der Waals surface area contributed by atoms with Gasteiger partial charge in [0.15, 0.2) is 0 Å². The van der Waals surface area contributed by atoms with Gasteiger partial charge in [-0.2, -0.15) is 0 Å². The Morgan fingerprint density at radius 3 is 2.88 bits per heavy atom. The second-order valence-electron chi connectivity index (χ2n) is 1.21. The number of nitrogens with zero attached hydrogens (tertiary/aromatic N) is 2. The predicted octanol–water partition coefficient (Wildman–Crippen LogP) is 0.478. The van der Waals surface area contributed by atoms with Crippen molar-refractivity contribution in [1.82, 2.24) is 4.98 Å². The normalized spacial score (nSPS) is 9.12. The van der Waals surface area contributed by atoms with Gasteiger partial charge in [-0.25, -0.2) is 4.73 Å². The summed E-state index contributed by atoms with van der Waals surface area (Å²) < 4.78 is 0.931. The average molecular weight is 175 g/mol. The molecule has 0 bridgehead atoms. The van der Waals surface area contributed by atoms with E-state index in [1.165, 1.54) is 6.20 Å². The van der Waals surface area contributed by atoms with E-state index in [2.05, 4.69) is 20.9 Å². The first-order valence-electron chi connectivity index (χ1n) is 2.00. The maximum atomic E-state index is 10.4. The Balaban J connectivity index is 3.13. The molecule has 1 aromatic rings. The first-order chi connectivity index (χ1) is 3.80. The van der Waals surface area contributed by atoms with Crippen molar-refractivity contribution < 1.29 is 4.73 Å². The van der Waals surface area contributed by atoms with Gasteiger partial charge < -0.3 is 5.21 Å². The molecule has 0 aromatic carbocycles. The van der Waals surface area contributed by atoms with E-state index < -0.39 is 0 Å². The summed E-state index contributed by atoms with van der Waals surface area (Å²) in [4.78, 5) is 3.65. The third kappa shape index (κ3) is 0.949. The van der Waals surface area contributed by atoms with Crippen molar-refractivity contribution >= 4 is 15.9 Å². The van der Waals surface area contributed by atoms with Crippen molar-refractivity contribution in [3.63, 3.8) is 0 Å². The van der Waals surface area contributed by atoms with Crippen molar-refractivity contribution in [2.75, 3.05) is 0 Å². The van der Waals surface area contributed by atoms with Crippen LogP contribution in [0.15, 0.2) is 23.2 Å². The van der Waals surface area contributed by atoms with E-state index in [0.717, 1.165) is 0 Å². The van der Waals surface area contributed by atoms with Crippen molar-refractivity contribution in [3.8, 4) is 0 Å². The highest BCUT2D eigenvalue weighted by Crippen LogP contribution is 1.92. The Kier molecular flexibility index (Phi) is 1.43. The number of hydrogen-bond donors (Lipinski definition) is 0. The van der Waals surface area contributed by atoms with Gasteiger partial charge in [-0.15, -0.1) is 0 Å². The van der Waals surface area contributed by atoms with Gasteiger partial charge in [0.2, 0.25) is 0 Å². The molecule has 0 fully saturated rings. The van der Waals surface area contributed by atoms with Gasteiger partial charge in [-0.1, -0.05) is 0 Å². The Hall–Kier alpha value is -0.640. The molecule has 8 heavy (non-hydrogen) atoms. The fourth-order valence-electron chi connectivity index (χ4n) is 0.340. The minimum Gasteiger partial charge on any atom is -0.710 e. The highest BCUT2D eigenvalue weighted by atomic mass is 79.9. The third-order valence-corrected chi connectivity index (χ3v) is 1.22. The molecule has 3 nitrogen and oxygen atoms in total. The molecule has 0 aliphatic carbocycles. The van der Waals surface area contributed by atoms with E-state index in [0.29, 0.717) is 9.46 Å². The Morgan fingerprint density at radius 1 is 1.75 bits per heavy atom. The maximum absolute atomic E-state index is 10.4. The zero-order valence-corrected chi connectivity index (χ0v) is 5.50. The average Bonchev–Trinajstić information content (AvgIpc) is 1.77. The summed E-state index contributed by atoms with van der Waals surface area (Å²) >= 11 is 2.93. The molecule has 1 aromatic heterocycles. The van der Waals surface area contributed by atoms with Gasteiger partial charge in [0, 0.05) is 6.07 Å². The Labute approximate surface area is 54.7 Å². The van der Waals surface area contributed by atoms with Crippen LogP contribution in [0.5, 0.6) is 0 Å². The molecule has 0 saturated heterocycles.